The normalized spacial score (nSPS) is 12.1. The van der Waals surface area contributed by atoms with Crippen molar-refractivity contribution < 1.29 is 9.52 Å². The predicted octanol–water partition coefficient (Wildman–Crippen LogP) is 4.06. The van der Waals surface area contributed by atoms with Crippen LogP contribution in [0.3, 0.4) is 0 Å². The van der Waals surface area contributed by atoms with Crippen molar-refractivity contribution in [2.24, 2.45) is 0 Å². The summed E-state index contributed by atoms with van der Waals surface area (Å²) in [4.78, 5) is 12.1. The van der Waals surface area contributed by atoms with Crippen LogP contribution in [-0.2, 0) is 11.8 Å². The molecule has 0 bridgehead atoms. The first kappa shape index (κ1) is 14.6. The minimum atomic E-state index is -0.314. The molecule has 0 radical (unpaired) electrons. The molecule has 0 aliphatic carbocycles. The number of benzene rings is 1. The highest BCUT2D eigenvalue weighted by atomic mass is 16.4. The van der Waals surface area contributed by atoms with Crippen molar-refractivity contribution in [2.45, 2.75) is 52.9 Å². The van der Waals surface area contributed by atoms with Gasteiger partial charge in [0.15, 0.2) is 0 Å². The smallest absolute Gasteiger partial charge is 0.339 e. The van der Waals surface area contributed by atoms with Crippen LogP contribution in [0.15, 0.2) is 21.3 Å². The zero-order chi connectivity index (χ0) is 15.1. The summed E-state index contributed by atoms with van der Waals surface area (Å²) in [6, 6.07) is 3.54. The Kier molecular flexibility index (Phi) is 3.63. The van der Waals surface area contributed by atoms with E-state index >= 15 is 0 Å². The van der Waals surface area contributed by atoms with Crippen molar-refractivity contribution >= 4 is 11.0 Å². The van der Waals surface area contributed by atoms with E-state index in [1.165, 1.54) is 0 Å². The van der Waals surface area contributed by atoms with Gasteiger partial charge in [-0.2, -0.15) is 0 Å². The van der Waals surface area contributed by atoms with E-state index in [2.05, 4.69) is 20.8 Å². The fourth-order valence-electron chi connectivity index (χ4n) is 2.86. The van der Waals surface area contributed by atoms with E-state index in [-0.39, 0.29) is 16.8 Å². The molecule has 2 aromatic rings. The average molecular weight is 274 g/mol. The van der Waals surface area contributed by atoms with E-state index in [1.54, 1.807) is 13.0 Å². The molecule has 0 unspecified atom stereocenters. The number of hydrogen-bond donors (Lipinski definition) is 1. The minimum Gasteiger partial charge on any atom is -0.508 e. The molecular weight excluding hydrogens is 252 g/mol. The SMILES string of the molecule is CCCc1c(O)ccc2c(C(C)(C)C)c(C)c(=O)oc12. The van der Waals surface area contributed by atoms with Crippen molar-refractivity contribution in [3.8, 4) is 5.75 Å². The molecule has 0 saturated carbocycles. The van der Waals surface area contributed by atoms with Crippen molar-refractivity contribution in [1.82, 2.24) is 0 Å². The summed E-state index contributed by atoms with van der Waals surface area (Å²) >= 11 is 0. The maximum absolute atomic E-state index is 12.1. The summed E-state index contributed by atoms with van der Waals surface area (Å²) in [6.45, 7) is 10.1. The molecule has 0 aliphatic rings. The molecule has 1 aromatic heterocycles. The molecule has 0 atom stereocenters. The molecule has 20 heavy (non-hydrogen) atoms. The Hall–Kier alpha value is -1.77. The molecule has 0 fully saturated rings. The van der Waals surface area contributed by atoms with E-state index < -0.39 is 0 Å². The monoisotopic (exact) mass is 274 g/mol. The van der Waals surface area contributed by atoms with Crippen molar-refractivity contribution in [2.75, 3.05) is 0 Å². The fraction of sp³-hybridized carbons (Fsp3) is 0.471. The molecule has 1 heterocycles. The lowest BCUT2D eigenvalue weighted by Crippen LogP contribution is -2.19. The van der Waals surface area contributed by atoms with Gasteiger partial charge in [-0.15, -0.1) is 0 Å². The Bertz CT molecular complexity index is 703. The highest BCUT2D eigenvalue weighted by Crippen LogP contribution is 2.35. The summed E-state index contributed by atoms with van der Waals surface area (Å²) in [7, 11) is 0. The highest BCUT2D eigenvalue weighted by Gasteiger charge is 2.24. The Morgan fingerprint density at radius 3 is 2.45 bits per heavy atom. The van der Waals surface area contributed by atoms with Gasteiger partial charge in [0.05, 0.1) is 0 Å². The van der Waals surface area contributed by atoms with Gasteiger partial charge in [-0.3, -0.25) is 0 Å². The Morgan fingerprint density at radius 1 is 1.25 bits per heavy atom. The summed E-state index contributed by atoms with van der Waals surface area (Å²) in [5, 5.41) is 11.0. The molecular formula is C17H22O3. The maximum atomic E-state index is 12.1. The lowest BCUT2D eigenvalue weighted by atomic mass is 9.82. The number of hydrogen-bond acceptors (Lipinski definition) is 3. The fourth-order valence-corrected chi connectivity index (χ4v) is 2.86. The molecule has 0 spiro atoms. The highest BCUT2D eigenvalue weighted by molar-refractivity contribution is 5.86. The van der Waals surface area contributed by atoms with Gasteiger partial charge in [-0.1, -0.05) is 34.1 Å². The molecule has 0 aliphatic heterocycles. The van der Waals surface area contributed by atoms with Crippen LogP contribution in [0.4, 0.5) is 0 Å². The van der Waals surface area contributed by atoms with Gasteiger partial charge in [-0.25, -0.2) is 4.79 Å². The molecule has 108 valence electrons. The van der Waals surface area contributed by atoms with Crippen molar-refractivity contribution in [1.29, 1.82) is 0 Å². The second-order valence-electron chi connectivity index (χ2n) is 6.33. The van der Waals surface area contributed by atoms with Gasteiger partial charge < -0.3 is 9.52 Å². The first-order chi connectivity index (χ1) is 9.27. The van der Waals surface area contributed by atoms with Crippen LogP contribution in [0.1, 0.15) is 50.8 Å². The summed E-state index contributed by atoms with van der Waals surface area (Å²) in [5.41, 5.74) is 2.45. The number of aromatic hydroxyl groups is 1. The molecule has 3 heteroatoms. The maximum Gasteiger partial charge on any atom is 0.339 e. The third-order valence-corrected chi connectivity index (χ3v) is 3.63. The first-order valence-electron chi connectivity index (χ1n) is 7.06. The summed E-state index contributed by atoms with van der Waals surface area (Å²) in [6.07, 6.45) is 1.58. The average Bonchev–Trinajstić information content (AvgIpc) is 2.33. The Balaban J connectivity index is 2.97. The van der Waals surface area contributed by atoms with Crippen molar-refractivity contribution in [3.05, 3.63) is 39.2 Å². The van der Waals surface area contributed by atoms with E-state index in [0.29, 0.717) is 17.6 Å². The predicted molar refractivity (Wildman–Crippen MR) is 81.6 cm³/mol. The third kappa shape index (κ3) is 2.33. The van der Waals surface area contributed by atoms with Gasteiger partial charge in [0.2, 0.25) is 0 Å². The number of phenols is 1. The van der Waals surface area contributed by atoms with Crippen LogP contribution >= 0.6 is 0 Å². The van der Waals surface area contributed by atoms with Crippen LogP contribution in [0.25, 0.3) is 11.0 Å². The quantitative estimate of drug-likeness (QED) is 0.840. The number of fused-ring (bicyclic) bond motifs is 1. The van der Waals surface area contributed by atoms with Gasteiger partial charge in [0.25, 0.3) is 0 Å². The van der Waals surface area contributed by atoms with E-state index in [0.717, 1.165) is 22.9 Å². The standard InChI is InChI=1S/C17H22O3/c1-6-7-11-13(18)9-8-12-14(17(3,4)5)10(2)16(19)20-15(11)12/h8-9,18H,6-7H2,1-5H3. The lowest BCUT2D eigenvalue weighted by molar-refractivity contribution is 0.463. The van der Waals surface area contributed by atoms with Gasteiger partial charge in [0, 0.05) is 16.5 Å². The van der Waals surface area contributed by atoms with Crippen LogP contribution in [0.5, 0.6) is 5.75 Å². The topological polar surface area (TPSA) is 50.4 Å². The number of aryl methyl sites for hydroxylation is 1. The molecule has 0 saturated heterocycles. The third-order valence-electron chi connectivity index (χ3n) is 3.63. The van der Waals surface area contributed by atoms with Crippen molar-refractivity contribution in [3.63, 3.8) is 0 Å². The Morgan fingerprint density at radius 2 is 1.90 bits per heavy atom. The van der Waals surface area contributed by atoms with Crippen LogP contribution in [0.2, 0.25) is 0 Å². The Labute approximate surface area is 119 Å². The molecule has 0 amide bonds. The van der Waals surface area contributed by atoms with Gasteiger partial charge in [0.1, 0.15) is 11.3 Å². The van der Waals surface area contributed by atoms with Crippen LogP contribution in [0, 0.1) is 6.92 Å². The number of phenolic OH excluding ortho intramolecular Hbond substituents is 1. The van der Waals surface area contributed by atoms with E-state index in [4.69, 9.17) is 4.42 Å². The second-order valence-corrected chi connectivity index (χ2v) is 6.33. The first-order valence-corrected chi connectivity index (χ1v) is 7.06. The molecule has 3 nitrogen and oxygen atoms in total. The summed E-state index contributed by atoms with van der Waals surface area (Å²) < 4.78 is 5.48. The largest absolute Gasteiger partial charge is 0.508 e. The lowest BCUT2D eigenvalue weighted by Gasteiger charge is -2.23. The minimum absolute atomic E-state index is 0.154. The van der Waals surface area contributed by atoms with Crippen LogP contribution in [-0.4, -0.2) is 5.11 Å². The second kappa shape index (κ2) is 4.97. The van der Waals surface area contributed by atoms with Gasteiger partial charge >= 0.3 is 5.63 Å². The number of rotatable bonds is 2. The van der Waals surface area contributed by atoms with Crippen LogP contribution < -0.4 is 5.63 Å². The zero-order valence-electron chi connectivity index (χ0n) is 12.8. The van der Waals surface area contributed by atoms with Gasteiger partial charge in [-0.05, 0) is 36.5 Å². The van der Waals surface area contributed by atoms with E-state index in [9.17, 15) is 9.90 Å². The summed E-state index contributed by atoms with van der Waals surface area (Å²) in [5.74, 6) is 0.200. The van der Waals surface area contributed by atoms with E-state index in [1.807, 2.05) is 13.0 Å². The zero-order valence-corrected chi connectivity index (χ0v) is 12.8. The molecule has 1 N–H and O–H groups in total. The molecule has 2 rings (SSSR count). The molecule has 1 aromatic carbocycles.